The minimum Gasteiger partial charge on any atom is -0.408 e. The molecule has 0 amide bonds. The number of hydrogen-bond acceptors (Lipinski definition) is 3. The van der Waals surface area contributed by atoms with Gasteiger partial charge in [-0.3, -0.25) is 4.57 Å². The van der Waals surface area contributed by atoms with Crippen LogP contribution in [0.4, 0.5) is 0 Å². The van der Waals surface area contributed by atoms with E-state index >= 15 is 0 Å². The first-order valence-corrected chi connectivity index (χ1v) is 6.94. The second-order valence-electron chi connectivity index (χ2n) is 4.99. The van der Waals surface area contributed by atoms with Gasteiger partial charge in [-0.1, -0.05) is 6.07 Å². The highest BCUT2D eigenvalue weighted by atomic mass is 35.5. The predicted octanol–water partition coefficient (Wildman–Crippen LogP) is 2.98. The Balaban J connectivity index is 1.85. The highest BCUT2D eigenvalue weighted by Gasteiger charge is 2.21. The summed E-state index contributed by atoms with van der Waals surface area (Å²) in [7, 11) is 1.69. The van der Waals surface area contributed by atoms with Gasteiger partial charge in [0.2, 0.25) is 0 Å². The minimum atomic E-state index is -0.350. The van der Waals surface area contributed by atoms with Crippen molar-refractivity contribution in [3.63, 3.8) is 0 Å². The lowest BCUT2D eigenvalue weighted by Gasteiger charge is -2.14. The van der Waals surface area contributed by atoms with E-state index in [0.717, 1.165) is 36.9 Å². The largest absolute Gasteiger partial charge is 0.419 e. The molecule has 0 N–H and O–H groups in total. The third kappa shape index (κ3) is 2.42. The third-order valence-electron chi connectivity index (χ3n) is 3.67. The molecule has 0 radical (unpaired) electrons. The second-order valence-corrected chi connectivity index (χ2v) is 5.52. The Morgan fingerprint density at radius 3 is 3.11 bits per heavy atom. The van der Waals surface area contributed by atoms with Crippen LogP contribution in [0.1, 0.15) is 30.2 Å². The number of hydrogen-bond donors (Lipinski definition) is 0. The van der Waals surface area contributed by atoms with Crippen LogP contribution in [0, 0.1) is 0 Å². The van der Waals surface area contributed by atoms with Crippen molar-refractivity contribution < 1.29 is 9.15 Å². The molecule has 1 saturated heterocycles. The summed E-state index contributed by atoms with van der Waals surface area (Å²) in [6.45, 7) is 0.834. The second kappa shape index (κ2) is 5.02. The van der Waals surface area contributed by atoms with Crippen molar-refractivity contribution >= 4 is 22.7 Å². The molecule has 102 valence electrons. The number of benzene rings is 1. The Labute approximate surface area is 115 Å². The van der Waals surface area contributed by atoms with E-state index in [0.29, 0.717) is 5.58 Å². The van der Waals surface area contributed by atoms with Crippen molar-refractivity contribution in [3.8, 4) is 0 Å². The molecule has 19 heavy (non-hydrogen) atoms. The molecule has 5 heteroatoms. The molecule has 1 aliphatic heterocycles. The van der Waals surface area contributed by atoms with Crippen molar-refractivity contribution in [2.24, 2.45) is 7.05 Å². The third-order valence-corrected chi connectivity index (χ3v) is 4.10. The molecule has 1 fully saturated rings. The number of aromatic nitrogens is 1. The number of halogens is 1. The quantitative estimate of drug-likeness (QED) is 0.813. The van der Waals surface area contributed by atoms with E-state index in [4.69, 9.17) is 20.8 Å². The predicted molar refractivity (Wildman–Crippen MR) is 73.6 cm³/mol. The molecular formula is C14H16ClNO3. The Bertz CT molecular complexity index is 640. The molecule has 1 aliphatic rings. The molecule has 2 atom stereocenters. The van der Waals surface area contributed by atoms with E-state index in [9.17, 15) is 4.79 Å². The average molecular weight is 282 g/mol. The van der Waals surface area contributed by atoms with Gasteiger partial charge in [0.05, 0.1) is 17.0 Å². The number of fused-ring (bicyclic) bond motifs is 1. The fourth-order valence-corrected chi connectivity index (χ4v) is 2.88. The van der Waals surface area contributed by atoms with Gasteiger partial charge in [0.1, 0.15) is 0 Å². The van der Waals surface area contributed by atoms with Gasteiger partial charge >= 0.3 is 5.76 Å². The summed E-state index contributed by atoms with van der Waals surface area (Å²) in [6.07, 6.45) is 3.23. The van der Waals surface area contributed by atoms with Gasteiger partial charge in [-0.2, -0.15) is 0 Å². The Hall–Kier alpha value is -1.26. The van der Waals surface area contributed by atoms with Crippen LogP contribution in [0.3, 0.4) is 0 Å². The molecule has 0 spiro atoms. The molecule has 2 aromatic rings. The summed E-state index contributed by atoms with van der Waals surface area (Å²) in [4.78, 5) is 11.4. The molecule has 2 unspecified atom stereocenters. The highest BCUT2D eigenvalue weighted by molar-refractivity contribution is 6.20. The summed E-state index contributed by atoms with van der Waals surface area (Å²) in [5, 5.41) is -0.113. The van der Waals surface area contributed by atoms with E-state index in [1.54, 1.807) is 7.05 Å². The summed E-state index contributed by atoms with van der Waals surface area (Å²) < 4.78 is 12.3. The summed E-state index contributed by atoms with van der Waals surface area (Å²) >= 11 is 6.43. The molecule has 2 heterocycles. The molecule has 1 aromatic heterocycles. The lowest BCUT2D eigenvalue weighted by atomic mass is 10.0. The van der Waals surface area contributed by atoms with Crippen molar-refractivity contribution in [1.29, 1.82) is 0 Å². The van der Waals surface area contributed by atoms with Gasteiger partial charge in [-0.05, 0) is 37.0 Å². The number of alkyl halides is 1. The fraction of sp³-hybridized carbons (Fsp3) is 0.500. The van der Waals surface area contributed by atoms with Gasteiger partial charge in [-0.15, -0.1) is 11.6 Å². The lowest BCUT2D eigenvalue weighted by molar-refractivity contribution is 0.103. The van der Waals surface area contributed by atoms with Gasteiger partial charge in [-0.25, -0.2) is 4.79 Å². The molecule has 4 nitrogen and oxygen atoms in total. The molecule has 0 bridgehead atoms. The Kier molecular flexibility index (Phi) is 3.37. The number of aryl methyl sites for hydroxylation is 1. The first-order valence-electron chi connectivity index (χ1n) is 6.50. The Morgan fingerprint density at radius 2 is 2.37 bits per heavy atom. The Morgan fingerprint density at radius 1 is 1.53 bits per heavy atom. The van der Waals surface area contributed by atoms with Crippen LogP contribution < -0.4 is 5.76 Å². The highest BCUT2D eigenvalue weighted by Crippen LogP contribution is 2.31. The zero-order chi connectivity index (χ0) is 13.4. The van der Waals surface area contributed by atoms with Crippen LogP contribution in [0.25, 0.3) is 11.1 Å². The molecular weight excluding hydrogens is 266 g/mol. The summed E-state index contributed by atoms with van der Waals surface area (Å²) in [5.74, 6) is -0.350. The first-order chi connectivity index (χ1) is 9.15. The molecule has 0 aliphatic carbocycles. The first kappa shape index (κ1) is 12.8. The number of ether oxygens (including phenoxy) is 1. The SMILES string of the molecule is Cn1c(=O)oc2cc(C(Cl)CC3CCCO3)ccc21. The zero-order valence-corrected chi connectivity index (χ0v) is 11.5. The topological polar surface area (TPSA) is 44.4 Å². The van der Waals surface area contributed by atoms with Crippen molar-refractivity contribution in [3.05, 3.63) is 34.3 Å². The maximum Gasteiger partial charge on any atom is 0.419 e. The molecule has 3 rings (SSSR count). The standard InChI is InChI=1S/C14H16ClNO3/c1-16-12-5-4-9(7-13(12)19-14(16)17)11(15)8-10-3-2-6-18-10/h4-5,7,10-11H,2-3,6,8H2,1H3. The van der Waals surface area contributed by atoms with Crippen LogP contribution in [0.15, 0.2) is 27.4 Å². The van der Waals surface area contributed by atoms with Crippen LogP contribution in [-0.2, 0) is 11.8 Å². The van der Waals surface area contributed by atoms with Crippen LogP contribution in [0.2, 0.25) is 0 Å². The van der Waals surface area contributed by atoms with E-state index in [2.05, 4.69) is 0 Å². The van der Waals surface area contributed by atoms with Gasteiger partial charge in [0.25, 0.3) is 0 Å². The number of oxazole rings is 1. The maximum atomic E-state index is 11.4. The molecule has 1 aromatic carbocycles. The van der Waals surface area contributed by atoms with Crippen molar-refractivity contribution in [1.82, 2.24) is 4.57 Å². The van der Waals surface area contributed by atoms with Crippen LogP contribution in [-0.4, -0.2) is 17.3 Å². The summed E-state index contributed by atoms with van der Waals surface area (Å²) in [5.41, 5.74) is 2.34. The van der Waals surface area contributed by atoms with Crippen molar-refractivity contribution in [2.45, 2.75) is 30.7 Å². The zero-order valence-electron chi connectivity index (χ0n) is 10.8. The van der Waals surface area contributed by atoms with Crippen LogP contribution >= 0.6 is 11.6 Å². The monoisotopic (exact) mass is 281 g/mol. The van der Waals surface area contributed by atoms with Gasteiger partial charge in [0, 0.05) is 13.7 Å². The maximum absolute atomic E-state index is 11.4. The van der Waals surface area contributed by atoms with E-state index in [-0.39, 0.29) is 17.2 Å². The van der Waals surface area contributed by atoms with Crippen molar-refractivity contribution in [2.75, 3.05) is 6.61 Å². The normalized spacial score (nSPS) is 21.1. The summed E-state index contributed by atoms with van der Waals surface area (Å²) in [6, 6.07) is 5.67. The van der Waals surface area contributed by atoms with E-state index < -0.39 is 0 Å². The van der Waals surface area contributed by atoms with E-state index in [1.165, 1.54) is 4.57 Å². The van der Waals surface area contributed by atoms with Gasteiger partial charge in [0.15, 0.2) is 5.58 Å². The van der Waals surface area contributed by atoms with Crippen LogP contribution in [0.5, 0.6) is 0 Å². The average Bonchev–Trinajstić information content (AvgIpc) is 2.99. The minimum absolute atomic E-state index is 0.113. The number of rotatable bonds is 3. The van der Waals surface area contributed by atoms with Gasteiger partial charge < -0.3 is 9.15 Å². The smallest absolute Gasteiger partial charge is 0.408 e. The number of nitrogens with zero attached hydrogens (tertiary/aromatic N) is 1. The van der Waals surface area contributed by atoms with E-state index in [1.807, 2.05) is 18.2 Å². The fourth-order valence-electron chi connectivity index (χ4n) is 2.54. The molecule has 0 saturated carbocycles. The lowest BCUT2D eigenvalue weighted by Crippen LogP contribution is -2.08.